The molecule has 4 heteroatoms. The summed E-state index contributed by atoms with van der Waals surface area (Å²) in [5.74, 6) is 1.53. The summed E-state index contributed by atoms with van der Waals surface area (Å²) in [6, 6.07) is 0. The van der Waals surface area contributed by atoms with Crippen LogP contribution in [0.2, 0.25) is 0 Å². The highest BCUT2D eigenvalue weighted by Crippen LogP contribution is 2.39. The molecule has 0 saturated carbocycles. The molecule has 0 spiro atoms. The van der Waals surface area contributed by atoms with Crippen molar-refractivity contribution in [3.63, 3.8) is 0 Å². The van der Waals surface area contributed by atoms with Crippen molar-refractivity contribution in [2.24, 2.45) is 0 Å². The highest BCUT2D eigenvalue weighted by molar-refractivity contribution is 5.39. The van der Waals surface area contributed by atoms with Crippen LogP contribution in [0.1, 0.15) is 84.3 Å². The number of aryl methyl sites for hydroxylation is 1. The van der Waals surface area contributed by atoms with E-state index in [1.54, 1.807) is 14.2 Å². The number of hydrogen-bond donors (Lipinski definition) is 0. The highest BCUT2D eigenvalue weighted by atomic mass is 16.5. The van der Waals surface area contributed by atoms with Crippen LogP contribution in [0.15, 0.2) is 0 Å². The molecule has 1 atom stereocenters. The number of methoxy groups -OCH3 is 2. The van der Waals surface area contributed by atoms with Gasteiger partial charge in [0.1, 0.15) is 5.69 Å². The predicted octanol–water partition coefficient (Wildman–Crippen LogP) is 5.47. The SMILES string of the molecule is CCCCCCCC(C)(CCCC)n1nc(C)c(OC)c1OC. The van der Waals surface area contributed by atoms with Gasteiger partial charge in [0.2, 0.25) is 5.75 Å². The van der Waals surface area contributed by atoms with Gasteiger partial charge in [0.25, 0.3) is 5.88 Å². The van der Waals surface area contributed by atoms with E-state index in [9.17, 15) is 0 Å². The lowest BCUT2D eigenvalue weighted by Crippen LogP contribution is -2.32. The van der Waals surface area contributed by atoms with Gasteiger partial charge in [-0.3, -0.25) is 0 Å². The van der Waals surface area contributed by atoms with E-state index in [1.165, 1.54) is 44.9 Å². The molecular weight excluding hydrogens is 288 g/mol. The van der Waals surface area contributed by atoms with Crippen molar-refractivity contribution in [1.82, 2.24) is 9.78 Å². The first-order valence-electron chi connectivity index (χ1n) is 9.22. The van der Waals surface area contributed by atoms with E-state index in [4.69, 9.17) is 14.6 Å². The number of ether oxygens (including phenoxy) is 2. The average Bonchev–Trinajstić information content (AvgIpc) is 2.89. The second-order valence-corrected chi connectivity index (χ2v) is 6.80. The third-order valence-corrected chi connectivity index (χ3v) is 4.76. The molecule has 1 heterocycles. The Morgan fingerprint density at radius 2 is 1.52 bits per heavy atom. The minimum Gasteiger partial charge on any atom is -0.490 e. The van der Waals surface area contributed by atoms with Crippen LogP contribution in [-0.2, 0) is 5.54 Å². The molecule has 0 aliphatic carbocycles. The van der Waals surface area contributed by atoms with Crippen molar-refractivity contribution in [2.75, 3.05) is 14.2 Å². The fourth-order valence-electron chi connectivity index (χ4n) is 3.28. The van der Waals surface area contributed by atoms with E-state index in [1.807, 2.05) is 6.92 Å². The van der Waals surface area contributed by atoms with E-state index in [2.05, 4.69) is 25.5 Å². The first-order valence-corrected chi connectivity index (χ1v) is 9.22. The molecule has 0 radical (unpaired) electrons. The fourth-order valence-corrected chi connectivity index (χ4v) is 3.28. The minimum absolute atomic E-state index is 0.00485. The second kappa shape index (κ2) is 9.84. The molecule has 0 N–H and O–H groups in total. The number of aromatic nitrogens is 2. The Morgan fingerprint density at radius 3 is 2.09 bits per heavy atom. The minimum atomic E-state index is -0.00485. The van der Waals surface area contributed by atoms with Crippen LogP contribution < -0.4 is 9.47 Å². The highest BCUT2D eigenvalue weighted by Gasteiger charge is 2.32. The van der Waals surface area contributed by atoms with Gasteiger partial charge in [-0.15, -0.1) is 0 Å². The Balaban J connectivity index is 2.95. The molecule has 0 aliphatic rings. The quantitative estimate of drug-likeness (QED) is 0.478. The lowest BCUT2D eigenvalue weighted by Gasteiger charge is -2.31. The van der Waals surface area contributed by atoms with Gasteiger partial charge in [-0.2, -0.15) is 5.10 Å². The van der Waals surface area contributed by atoms with E-state index in [0.29, 0.717) is 0 Å². The zero-order valence-corrected chi connectivity index (χ0v) is 16.1. The standard InChI is InChI=1S/C19H36N2O2/c1-7-9-11-12-13-15-19(4,14-10-8-2)21-18(23-6)17(22-5)16(3)20-21/h7-15H2,1-6H3. The van der Waals surface area contributed by atoms with Crippen LogP contribution in [-0.4, -0.2) is 24.0 Å². The van der Waals surface area contributed by atoms with Crippen molar-refractivity contribution in [2.45, 2.75) is 91.0 Å². The summed E-state index contributed by atoms with van der Waals surface area (Å²) in [5, 5.41) is 4.76. The summed E-state index contributed by atoms with van der Waals surface area (Å²) in [6.45, 7) is 8.80. The maximum absolute atomic E-state index is 5.63. The Hall–Kier alpha value is -1.19. The van der Waals surface area contributed by atoms with Gasteiger partial charge in [0.15, 0.2) is 0 Å². The maximum atomic E-state index is 5.63. The zero-order chi connectivity index (χ0) is 17.3. The van der Waals surface area contributed by atoms with Crippen LogP contribution in [0.5, 0.6) is 11.6 Å². The number of unbranched alkanes of at least 4 members (excludes halogenated alkanes) is 5. The summed E-state index contributed by atoms with van der Waals surface area (Å²) < 4.78 is 13.2. The van der Waals surface area contributed by atoms with Crippen LogP contribution in [0.25, 0.3) is 0 Å². The molecule has 0 aliphatic heterocycles. The Bertz CT molecular complexity index is 456. The second-order valence-electron chi connectivity index (χ2n) is 6.80. The van der Waals surface area contributed by atoms with Gasteiger partial charge < -0.3 is 9.47 Å². The van der Waals surface area contributed by atoms with E-state index < -0.39 is 0 Å². The van der Waals surface area contributed by atoms with Gasteiger partial charge in [-0.05, 0) is 26.7 Å². The van der Waals surface area contributed by atoms with Crippen LogP contribution in [0, 0.1) is 6.92 Å². The summed E-state index contributed by atoms with van der Waals surface area (Å²) in [4.78, 5) is 0. The molecule has 0 amide bonds. The first-order chi connectivity index (χ1) is 11.0. The Kier molecular flexibility index (Phi) is 8.49. The molecule has 134 valence electrons. The maximum Gasteiger partial charge on any atom is 0.256 e. The molecule has 4 nitrogen and oxygen atoms in total. The van der Waals surface area contributed by atoms with Crippen molar-refractivity contribution >= 4 is 0 Å². The number of hydrogen-bond acceptors (Lipinski definition) is 3. The van der Waals surface area contributed by atoms with Crippen molar-refractivity contribution < 1.29 is 9.47 Å². The third kappa shape index (κ3) is 5.15. The molecule has 0 fully saturated rings. The Labute approximate surface area is 142 Å². The van der Waals surface area contributed by atoms with E-state index in [0.717, 1.165) is 30.2 Å². The smallest absolute Gasteiger partial charge is 0.256 e. The van der Waals surface area contributed by atoms with Crippen LogP contribution >= 0.6 is 0 Å². The molecule has 0 bridgehead atoms. The Morgan fingerprint density at radius 1 is 0.913 bits per heavy atom. The normalized spacial score (nSPS) is 13.8. The molecule has 0 saturated heterocycles. The third-order valence-electron chi connectivity index (χ3n) is 4.76. The summed E-state index contributed by atoms with van der Waals surface area (Å²) >= 11 is 0. The van der Waals surface area contributed by atoms with E-state index in [-0.39, 0.29) is 5.54 Å². The zero-order valence-electron chi connectivity index (χ0n) is 16.1. The predicted molar refractivity (Wildman–Crippen MR) is 96.6 cm³/mol. The van der Waals surface area contributed by atoms with Crippen molar-refractivity contribution in [3.05, 3.63) is 5.69 Å². The van der Waals surface area contributed by atoms with Gasteiger partial charge in [-0.1, -0.05) is 58.8 Å². The van der Waals surface area contributed by atoms with Gasteiger partial charge in [0.05, 0.1) is 19.8 Å². The summed E-state index contributed by atoms with van der Waals surface area (Å²) in [7, 11) is 3.39. The van der Waals surface area contributed by atoms with Crippen LogP contribution in [0.4, 0.5) is 0 Å². The van der Waals surface area contributed by atoms with Gasteiger partial charge in [-0.25, -0.2) is 4.68 Å². The molecule has 1 aromatic heterocycles. The van der Waals surface area contributed by atoms with Crippen LogP contribution in [0.3, 0.4) is 0 Å². The lowest BCUT2D eigenvalue weighted by atomic mass is 9.88. The topological polar surface area (TPSA) is 36.3 Å². The molecule has 0 aromatic carbocycles. The molecule has 1 unspecified atom stereocenters. The fraction of sp³-hybridized carbons (Fsp3) is 0.842. The monoisotopic (exact) mass is 324 g/mol. The summed E-state index contributed by atoms with van der Waals surface area (Å²) in [6.07, 6.45) is 11.2. The lowest BCUT2D eigenvalue weighted by molar-refractivity contribution is 0.197. The average molecular weight is 325 g/mol. The molecule has 1 aromatic rings. The molecule has 1 rings (SSSR count). The largest absolute Gasteiger partial charge is 0.490 e. The van der Waals surface area contributed by atoms with E-state index >= 15 is 0 Å². The number of nitrogens with zero attached hydrogens (tertiary/aromatic N) is 2. The summed E-state index contributed by atoms with van der Waals surface area (Å²) in [5.41, 5.74) is 0.896. The molecule has 23 heavy (non-hydrogen) atoms. The van der Waals surface area contributed by atoms with Gasteiger partial charge in [0, 0.05) is 0 Å². The number of rotatable bonds is 12. The molecular formula is C19H36N2O2. The first kappa shape index (κ1) is 19.9. The van der Waals surface area contributed by atoms with Crippen molar-refractivity contribution in [1.29, 1.82) is 0 Å². The van der Waals surface area contributed by atoms with Crippen molar-refractivity contribution in [3.8, 4) is 11.6 Å². The van der Waals surface area contributed by atoms with Gasteiger partial charge >= 0.3 is 0 Å².